The number of carbonyl (C=O) groups excluding carboxylic acids is 1. The van der Waals surface area contributed by atoms with Gasteiger partial charge in [-0.15, -0.1) is 0 Å². The second-order valence-corrected chi connectivity index (χ2v) is 16.7. The monoisotopic (exact) mass is 629 g/mol. The van der Waals surface area contributed by atoms with Crippen LogP contribution in [0, 0.1) is 62.1 Å². The lowest BCUT2D eigenvalue weighted by molar-refractivity contribution is -0.267. The van der Waals surface area contributed by atoms with Crippen molar-refractivity contribution < 1.29 is 28.9 Å². The summed E-state index contributed by atoms with van der Waals surface area (Å²) in [5.41, 5.74) is 5.42. The van der Waals surface area contributed by atoms with Crippen molar-refractivity contribution in [2.45, 2.75) is 113 Å². The van der Waals surface area contributed by atoms with E-state index in [2.05, 4.69) is 59.9 Å². The Labute approximate surface area is 270 Å². The lowest BCUT2D eigenvalue weighted by atomic mass is 9.34. The van der Waals surface area contributed by atoms with Crippen LogP contribution in [0.25, 0.3) is 0 Å². The van der Waals surface area contributed by atoms with Gasteiger partial charge in [-0.25, -0.2) is 0 Å². The zero-order valence-electron chi connectivity index (χ0n) is 29.0. The number of ether oxygens (including phenoxy) is 3. The largest absolute Gasteiger partial charge is 0.481 e. The predicted molar refractivity (Wildman–Crippen MR) is 173 cm³/mol. The first-order valence-electron chi connectivity index (χ1n) is 17.4. The molecule has 0 aromatic carbocycles. The van der Waals surface area contributed by atoms with E-state index in [1.807, 2.05) is 0 Å². The highest BCUT2D eigenvalue weighted by Crippen LogP contribution is 2.75. The summed E-state index contributed by atoms with van der Waals surface area (Å²) in [5, 5.41) is 21.2. The number of guanidine groups is 1. The van der Waals surface area contributed by atoms with E-state index in [0.29, 0.717) is 57.0 Å². The van der Waals surface area contributed by atoms with Gasteiger partial charge in [-0.1, -0.05) is 60.1 Å². The second kappa shape index (κ2) is 11.8. The van der Waals surface area contributed by atoms with Gasteiger partial charge < -0.3 is 30.4 Å². The van der Waals surface area contributed by atoms with Crippen LogP contribution in [0.2, 0.25) is 0 Å². The number of carboxylic acid groups (broad SMARTS) is 1. The summed E-state index contributed by atoms with van der Waals surface area (Å²) in [4.78, 5) is 25.8. The number of nitrogens with two attached hydrogens (primary N) is 1. The predicted octanol–water partition coefficient (Wildman–Crippen LogP) is 5.76. The minimum absolute atomic E-state index is 0.0584. The molecule has 1 saturated heterocycles. The fraction of sp³-hybridized carbons (Fsp3) is 0.861. The summed E-state index contributed by atoms with van der Waals surface area (Å²) < 4.78 is 19.2. The van der Waals surface area contributed by atoms with Crippen molar-refractivity contribution in [2.75, 3.05) is 26.4 Å². The molecule has 1 aliphatic heterocycles. The van der Waals surface area contributed by atoms with E-state index in [1.165, 1.54) is 12.5 Å². The van der Waals surface area contributed by atoms with Gasteiger partial charge in [-0.05, 0) is 84.9 Å². The van der Waals surface area contributed by atoms with Crippen molar-refractivity contribution in [3.05, 3.63) is 11.6 Å². The molecule has 0 aromatic heterocycles. The van der Waals surface area contributed by atoms with Gasteiger partial charge in [0, 0.05) is 30.9 Å². The summed E-state index contributed by atoms with van der Waals surface area (Å²) >= 11 is 0. The number of hydrogen-bond acceptors (Lipinski definition) is 6. The Kier molecular flexibility index (Phi) is 9.00. The number of rotatable bonds is 9. The first-order chi connectivity index (χ1) is 21.0. The molecule has 45 heavy (non-hydrogen) atoms. The van der Waals surface area contributed by atoms with E-state index in [9.17, 15) is 14.7 Å². The fourth-order valence-corrected chi connectivity index (χ4v) is 11.7. The van der Waals surface area contributed by atoms with Gasteiger partial charge in [0.05, 0.1) is 19.1 Å². The lowest BCUT2D eigenvalue weighted by Crippen LogP contribution is -2.70. The molecule has 5 aliphatic rings. The molecule has 1 heterocycles. The standard InChI is InChI=1S/C36H59N3O6/c1-21(2)22(3)32(5)14-15-34(7)24-10-11-27-33(6)19-43-20-36(27,25(24)12-13-35(34,8)28(32)30(41)42)18-26(45-23(4)40)29(33)44-17-9-16-39-31(37)38/h12,21-22,24,26-29H,9-11,13-20H2,1-8H3,(H,41,42)(H4,37,38,39)/t22-,24+,26-,27+,28-,29+,32-,33-,34-,35+,36+/m1/s1. The minimum Gasteiger partial charge on any atom is -0.481 e. The molecule has 3 saturated carbocycles. The molecule has 4 fully saturated rings. The van der Waals surface area contributed by atoms with E-state index in [0.717, 1.165) is 32.1 Å². The van der Waals surface area contributed by atoms with Crippen LogP contribution >= 0.6 is 0 Å². The average Bonchev–Trinajstić information content (AvgIpc) is 2.93. The molecule has 4 aliphatic carbocycles. The number of nitrogens with one attached hydrogen (secondary N) is 2. The summed E-state index contributed by atoms with van der Waals surface area (Å²) in [6.45, 7) is 19.5. The van der Waals surface area contributed by atoms with Gasteiger partial charge in [0.15, 0.2) is 5.96 Å². The molecule has 5 rings (SSSR count). The zero-order chi connectivity index (χ0) is 33.2. The van der Waals surface area contributed by atoms with Crippen molar-refractivity contribution >= 4 is 17.9 Å². The molecule has 0 amide bonds. The Balaban J connectivity index is 1.52. The first kappa shape index (κ1) is 34.2. The molecular formula is C36H59N3O6. The van der Waals surface area contributed by atoms with E-state index < -0.39 is 18.0 Å². The molecule has 5 N–H and O–H groups in total. The third-order valence-corrected chi connectivity index (χ3v) is 14.3. The third-order valence-electron chi connectivity index (χ3n) is 14.3. The molecule has 2 bridgehead atoms. The highest BCUT2D eigenvalue weighted by molar-refractivity contribution is 5.74. The third kappa shape index (κ3) is 5.13. The van der Waals surface area contributed by atoms with Crippen molar-refractivity contribution in [2.24, 2.45) is 62.4 Å². The average molecular weight is 630 g/mol. The van der Waals surface area contributed by atoms with Crippen molar-refractivity contribution in [1.82, 2.24) is 5.32 Å². The van der Waals surface area contributed by atoms with Crippen molar-refractivity contribution in [3.63, 3.8) is 0 Å². The highest BCUT2D eigenvalue weighted by Gasteiger charge is 2.72. The molecule has 0 spiro atoms. The van der Waals surface area contributed by atoms with Crippen LogP contribution in [0.15, 0.2) is 11.6 Å². The number of carboxylic acids is 1. The Hall–Kier alpha value is -2.13. The van der Waals surface area contributed by atoms with Crippen LogP contribution in [-0.4, -0.2) is 61.6 Å². The molecule has 11 atom stereocenters. The SMILES string of the molecule is CC(=O)O[C@@H]1C[C@@]23COC[C@](C)([C@@H]2CC[C@H]2C3=CC[C@@]3(C)[C@H](C(=O)O)[C@@](C)([C@H](C)C(C)C)CC[C@]23C)[C@H]1OCCCNC(=N)N. The van der Waals surface area contributed by atoms with Crippen molar-refractivity contribution in [1.29, 1.82) is 5.41 Å². The van der Waals surface area contributed by atoms with Crippen LogP contribution in [0.5, 0.6) is 0 Å². The first-order valence-corrected chi connectivity index (χ1v) is 17.4. The van der Waals surface area contributed by atoms with E-state index >= 15 is 0 Å². The summed E-state index contributed by atoms with van der Waals surface area (Å²) in [6.07, 6.45) is 7.75. The van der Waals surface area contributed by atoms with Gasteiger partial charge in [-0.2, -0.15) is 0 Å². The van der Waals surface area contributed by atoms with E-state index in [-0.39, 0.29) is 51.0 Å². The van der Waals surface area contributed by atoms with Gasteiger partial charge in [0.1, 0.15) is 12.2 Å². The number of hydrogen-bond donors (Lipinski definition) is 4. The summed E-state index contributed by atoms with van der Waals surface area (Å²) in [7, 11) is 0. The number of aliphatic carboxylic acids is 1. The minimum atomic E-state index is -0.651. The van der Waals surface area contributed by atoms with Crippen LogP contribution in [0.4, 0.5) is 0 Å². The van der Waals surface area contributed by atoms with Gasteiger partial charge >= 0.3 is 11.9 Å². The van der Waals surface area contributed by atoms with Gasteiger partial charge in [0.2, 0.25) is 0 Å². The normalized spacial score (nSPS) is 44.5. The molecule has 0 unspecified atom stereocenters. The number of allylic oxidation sites excluding steroid dienone is 1. The molecule has 9 nitrogen and oxygen atoms in total. The quantitative estimate of drug-likeness (QED) is 0.0828. The fourth-order valence-electron chi connectivity index (χ4n) is 11.7. The number of carbonyl (C=O) groups is 2. The molecule has 0 radical (unpaired) electrons. The molecule has 9 heteroatoms. The number of esters is 1. The maximum absolute atomic E-state index is 13.3. The molecule has 254 valence electrons. The molecule has 0 aromatic rings. The van der Waals surface area contributed by atoms with Crippen molar-refractivity contribution in [3.8, 4) is 0 Å². The van der Waals surface area contributed by atoms with Gasteiger partial charge in [-0.3, -0.25) is 15.0 Å². The smallest absolute Gasteiger partial charge is 0.307 e. The highest BCUT2D eigenvalue weighted by atomic mass is 16.6. The Morgan fingerprint density at radius 3 is 2.47 bits per heavy atom. The van der Waals surface area contributed by atoms with Gasteiger partial charge in [0.25, 0.3) is 0 Å². The zero-order valence-corrected chi connectivity index (χ0v) is 29.0. The summed E-state index contributed by atoms with van der Waals surface area (Å²) in [6, 6.07) is 0. The topological polar surface area (TPSA) is 144 Å². The van der Waals surface area contributed by atoms with E-state index in [4.69, 9.17) is 25.4 Å². The second-order valence-electron chi connectivity index (χ2n) is 16.7. The van der Waals surface area contributed by atoms with Crippen LogP contribution in [0.3, 0.4) is 0 Å². The lowest BCUT2D eigenvalue weighted by Gasteiger charge is -2.71. The maximum atomic E-state index is 13.3. The number of fused-ring (bicyclic) bond motifs is 3. The maximum Gasteiger partial charge on any atom is 0.307 e. The van der Waals surface area contributed by atoms with Crippen LogP contribution < -0.4 is 11.1 Å². The Morgan fingerprint density at radius 1 is 1.13 bits per heavy atom. The van der Waals surface area contributed by atoms with Crippen LogP contribution in [0.1, 0.15) is 100 Å². The van der Waals surface area contributed by atoms with Crippen LogP contribution in [-0.2, 0) is 23.8 Å². The molecular weight excluding hydrogens is 570 g/mol. The van der Waals surface area contributed by atoms with E-state index in [1.54, 1.807) is 0 Å². The Morgan fingerprint density at radius 2 is 1.84 bits per heavy atom. The summed E-state index contributed by atoms with van der Waals surface area (Å²) in [5.74, 6) is -0.170. The Bertz CT molecular complexity index is 1220.